The van der Waals surface area contributed by atoms with Gasteiger partial charge in [-0.05, 0) is 36.1 Å². The third-order valence-corrected chi connectivity index (χ3v) is 4.03. The van der Waals surface area contributed by atoms with E-state index in [-0.39, 0.29) is 11.4 Å². The predicted octanol–water partition coefficient (Wildman–Crippen LogP) is 4.47. The van der Waals surface area contributed by atoms with Crippen molar-refractivity contribution in [2.75, 3.05) is 5.73 Å². The summed E-state index contributed by atoms with van der Waals surface area (Å²) in [6, 6.07) is 3.21. The minimum atomic E-state index is -4.40. The van der Waals surface area contributed by atoms with Crippen LogP contribution < -0.4 is 5.73 Å². The number of oxazole rings is 1. The number of halogens is 3. The number of hydrogen-bond acceptors (Lipinski definition) is 4. The normalized spacial score (nSPS) is 12.2. The molecule has 2 heterocycles. The first-order valence-corrected chi connectivity index (χ1v) is 6.56. The highest BCUT2D eigenvalue weighted by Crippen LogP contribution is 2.37. The minimum Gasteiger partial charge on any atom is -0.435 e. The second kappa shape index (κ2) is 4.24. The Balaban J connectivity index is 2.14. The average molecular weight is 298 g/mol. The highest BCUT2D eigenvalue weighted by Gasteiger charge is 2.31. The van der Waals surface area contributed by atoms with Crippen molar-refractivity contribution in [2.45, 2.75) is 13.1 Å². The van der Waals surface area contributed by atoms with Gasteiger partial charge < -0.3 is 10.2 Å². The molecule has 0 saturated carbocycles. The van der Waals surface area contributed by atoms with Gasteiger partial charge >= 0.3 is 6.18 Å². The summed E-state index contributed by atoms with van der Waals surface area (Å²) in [6.07, 6.45) is -4.40. The first-order valence-electron chi connectivity index (χ1n) is 5.68. The second-order valence-corrected chi connectivity index (χ2v) is 5.24. The fraction of sp³-hybridized carbons (Fsp3) is 0.154. The molecule has 0 aliphatic rings. The van der Waals surface area contributed by atoms with Gasteiger partial charge in [0.15, 0.2) is 5.58 Å². The number of nitrogens with zero attached hydrogens (tertiary/aromatic N) is 1. The van der Waals surface area contributed by atoms with Gasteiger partial charge in [0.05, 0.1) is 11.3 Å². The van der Waals surface area contributed by atoms with Crippen LogP contribution in [0.5, 0.6) is 0 Å². The van der Waals surface area contributed by atoms with Gasteiger partial charge in [-0.3, -0.25) is 0 Å². The zero-order chi connectivity index (χ0) is 14.5. The number of benzene rings is 1. The second-order valence-electron chi connectivity index (χ2n) is 4.36. The number of aryl methyl sites for hydroxylation is 1. The van der Waals surface area contributed by atoms with E-state index in [0.717, 1.165) is 17.7 Å². The number of hydrogen-bond donors (Lipinski definition) is 1. The molecule has 2 aromatic heterocycles. The lowest BCUT2D eigenvalue weighted by Gasteiger charge is -2.04. The molecule has 7 heteroatoms. The van der Waals surface area contributed by atoms with E-state index < -0.39 is 11.7 Å². The molecule has 104 valence electrons. The number of nitrogens with two attached hydrogens (primary N) is 1. The summed E-state index contributed by atoms with van der Waals surface area (Å²) >= 11 is 1.35. The van der Waals surface area contributed by atoms with Crippen molar-refractivity contribution < 1.29 is 17.6 Å². The van der Waals surface area contributed by atoms with Crippen LogP contribution in [-0.4, -0.2) is 4.98 Å². The first kappa shape index (κ1) is 13.0. The summed E-state index contributed by atoms with van der Waals surface area (Å²) in [5, 5.41) is 1.85. The molecule has 0 aliphatic heterocycles. The monoisotopic (exact) mass is 298 g/mol. The number of rotatable bonds is 1. The predicted molar refractivity (Wildman–Crippen MR) is 71.5 cm³/mol. The van der Waals surface area contributed by atoms with Crippen LogP contribution in [-0.2, 0) is 6.18 Å². The maximum Gasteiger partial charge on any atom is 0.416 e. The smallest absolute Gasteiger partial charge is 0.416 e. The largest absolute Gasteiger partial charge is 0.435 e. The Bertz CT molecular complexity index is 789. The van der Waals surface area contributed by atoms with Gasteiger partial charge in [-0.2, -0.15) is 13.2 Å². The summed E-state index contributed by atoms with van der Waals surface area (Å²) in [6.45, 7) is 1.85. The molecule has 0 fully saturated rings. The SMILES string of the molecule is Cc1csc(-c2nc3cc(C(F)(F)F)ccc3o2)c1N. The van der Waals surface area contributed by atoms with Gasteiger partial charge in [-0.25, -0.2) is 4.98 Å². The Morgan fingerprint density at radius 1 is 1.30 bits per heavy atom. The summed E-state index contributed by atoms with van der Waals surface area (Å²) in [4.78, 5) is 4.73. The van der Waals surface area contributed by atoms with E-state index >= 15 is 0 Å². The zero-order valence-electron chi connectivity index (χ0n) is 10.3. The van der Waals surface area contributed by atoms with Crippen molar-refractivity contribution in [3.63, 3.8) is 0 Å². The molecule has 0 radical (unpaired) electrons. The molecule has 3 rings (SSSR count). The quantitative estimate of drug-likeness (QED) is 0.721. The summed E-state index contributed by atoms with van der Waals surface area (Å²) < 4.78 is 43.4. The molecule has 0 aliphatic carbocycles. The van der Waals surface area contributed by atoms with Gasteiger partial charge in [-0.15, -0.1) is 11.3 Å². The van der Waals surface area contributed by atoms with Gasteiger partial charge in [0.2, 0.25) is 5.89 Å². The Hall–Kier alpha value is -2.02. The number of fused-ring (bicyclic) bond motifs is 1. The van der Waals surface area contributed by atoms with Crippen molar-refractivity contribution in [2.24, 2.45) is 0 Å². The van der Waals surface area contributed by atoms with Crippen molar-refractivity contribution in [3.8, 4) is 10.8 Å². The standard InChI is InChI=1S/C13H9F3N2OS/c1-6-5-20-11(10(6)17)12-18-8-4-7(13(14,15)16)2-3-9(8)19-12/h2-5H,17H2,1H3. The summed E-state index contributed by atoms with van der Waals surface area (Å²) in [7, 11) is 0. The highest BCUT2D eigenvalue weighted by atomic mass is 32.1. The minimum absolute atomic E-state index is 0.167. The Labute approximate surface area is 115 Å². The van der Waals surface area contributed by atoms with E-state index in [2.05, 4.69) is 4.98 Å². The number of nitrogen functional groups attached to an aromatic ring is 1. The number of aromatic nitrogens is 1. The molecule has 2 N–H and O–H groups in total. The molecule has 3 aromatic rings. The molecular weight excluding hydrogens is 289 g/mol. The molecule has 20 heavy (non-hydrogen) atoms. The van der Waals surface area contributed by atoms with Gasteiger partial charge in [-0.1, -0.05) is 0 Å². The maximum absolute atomic E-state index is 12.6. The lowest BCUT2D eigenvalue weighted by Crippen LogP contribution is -2.03. The van der Waals surface area contributed by atoms with Crippen molar-refractivity contribution in [1.29, 1.82) is 0 Å². The van der Waals surface area contributed by atoms with Crippen molar-refractivity contribution >= 4 is 28.1 Å². The Morgan fingerprint density at radius 3 is 2.65 bits per heavy atom. The Morgan fingerprint density at radius 2 is 2.05 bits per heavy atom. The number of thiophene rings is 1. The lowest BCUT2D eigenvalue weighted by molar-refractivity contribution is -0.137. The van der Waals surface area contributed by atoms with E-state index in [0.29, 0.717) is 16.1 Å². The van der Waals surface area contributed by atoms with Crippen LogP contribution in [0.2, 0.25) is 0 Å². The van der Waals surface area contributed by atoms with Gasteiger partial charge in [0.25, 0.3) is 0 Å². The van der Waals surface area contributed by atoms with Crippen LogP contribution in [0.15, 0.2) is 28.0 Å². The highest BCUT2D eigenvalue weighted by molar-refractivity contribution is 7.14. The molecule has 0 atom stereocenters. The molecule has 0 bridgehead atoms. The summed E-state index contributed by atoms with van der Waals surface area (Å²) in [5.41, 5.74) is 7.04. The fourth-order valence-corrected chi connectivity index (χ4v) is 2.72. The third kappa shape index (κ3) is 2.03. The van der Waals surface area contributed by atoms with Crippen molar-refractivity contribution in [3.05, 3.63) is 34.7 Å². The van der Waals surface area contributed by atoms with Gasteiger partial charge in [0, 0.05) is 0 Å². The van der Waals surface area contributed by atoms with Crippen LogP contribution in [0.1, 0.15) is 11.1 Å². The molecule has 0 amide bonds. The Kier molecular flexibility index (Phi) is 2.75. The molecule has 1 aromatic carbocycles. The van der Waals surface area contributed by atoms with E-state index in [1.807, 2.05) is 12.3 Å². The third-order valence-electron chi connectivity index (χ3n) is 2.93. The molecule has 0 spiro atoms. The van der Waals surface area contributed by atoms with Crippen LogP contribution in [0, 0.1) is 6.92 Å². The number of anilines is 1. The average Bonchev–Trinajstić information content (AvgIpc) is 2.92. The fourth-order valence-electron chi connectivity index (χ4n) is 1.82. The number of alkyl halides is 3. The van der Waals surface area contributed by atoms with Crippen LogP contribution >= 0.6 is 11.3 Å². The van der Waals surface area contributed by atoms with Crippen LogP contribution in [0.3, 0.4) is 0 Å². The topological polar surface area (TPSA) is 52.0 Å². The van der Waals surface area contributed by atoms with Gasteiger partial charge in [0.1, 0.15) is 10.4 Å². The van der Waals surface area contributed by atoms with E-state index in [1.165, 1.54) is 17.4 Å². The molecule has 3 nitrogen and oxygen atoms in total. The van der Waals surface area contributed by atoms with Crippen LogP contribution in [0.4, 0.5) is 18.9 Å². The zero-order valence-corrected chi connectivity index (χ0v) is 11.1. The van der Waals surface area contributed by atoms with E-state index in [4.69, 9.17) is 10.2 Å². The maximum atomic E-state index is 12.6. The summed E-state index contributed by atoms with van der Waals surface area (Å²) in [5.74, 6) is 0.245. The van der Waals surface area contributed by atoms with Crippen LogP contribution in [0.25, 0.3) is 21.9 Å². The van der Waals surface area contributed by atoms with Crippen molar-refractivity contribution in [1.82, 2.24) is 4.98 Å². The van der Waals surface area contributed by atoms with E-state index in [1.54, 1.807) is 0 Å². The van der Waals surface area contributed by atoms with E-state index in [9.17, 15) is 13.2 Å². The molecule has 0 unspecified atom stereocenters. The molecular formula is C13H9F3N2OS. The molecule has 0 saturated heterocycles. The first-order chi connectivity index (χ1) is 9.36. The lowest BCUT2D eigenvalue weighted by atomic mass is 10.2.